The number of fused-ring (bicyclic) bond motifs is 1. The summed E-state index contributed by atoms with van der Waals surface area (Å²) < 4.78 is 27.6. The smallest absolute Gasteiger partial charge is 0.269 e. The van der Waals surface area contributed by atoms with Gasteiger partial charge in [-0.1, -0.05) is 24.6 Å². The van der Waals surface area contributed by atoms with Gasteiger partial charge in [-0.15, -0.1) is 0 Å². The maximum absolute atomic E-state index is 13.2. The van der Waals surface area contributed by atoms with Gasteiger partial charge < -0.3 is 10.2 Å². The van der Waals surface area contributed by atoms with E-state index in [0.29, 0.717) is 17.1 Å². The SMILES string of the molecule is Cc1ccc(S(=O)(=O)n2ccc3c(N(C)C4CNCCC4C)nc(Cl)nc32)cc1. The third-order valence-corrected chi connectivity index (χ3v) is 7.51. The number of hydrogen-bond acceptors (Lipinski definition) is 6. The number of hydrogen-bond donors (Lipinski definition) is 1. The Kier molecular flexibility index (Phi) is 5.27. The van der Waals surface area contributed by atoms with Gasteiger partial charge in [0.1, 0.15) is 5.82 Å². The van der Waals surface area contributed by atoms with E-state index in [2.05, 4.69) is 27.1 Å². The molecule has 1 aromatic carbocycles. The molecule has 1 fully saturated rings. The molecule has 3 aromatic rings. The van der Waals surface area contributed by atoms with Gasteiger partial charge in [0.05, 0.1) is 10.3 Å². The van der Waals surface area contributed by atoms with Crippen LogP contribution in [0.4, 0.5) is 5.82 Å². The van der Waals surface area contributed by atoms with Crippen LogP contribution in [0, 0.1) is 12.8 Å². The minimum absolute atomic E-state index is 0.0230. The lowest BCUT2D eigenvalue weighted by molar-refractivity contribution is 0.338. The van der Waals surface area contributed by atoms with E-state index < -0.39 is 10.0 Å². The van der Waals surface area contributed by atoms with E-state index in [1.807, 2.05) is 14.0 Å². The van der Waals surface area contributed by atoms with Crippen molar-refractivity contribution in [2.24, 2.45) is 5.92 Å². The second-order valence-corrected chi connectivity index (χ2v) is 9.78. The summed E-state index contributed by atoms with van der Waals surface area (Å²) in [6, 6.07) is 8.72. The van der Waals surface area contributed by atoms with Crippen molar-refractivity contribution in [2.75, 3.05) is 25.0 Å². The van der Waals surface area contributed by atoms with Crippen LogP contribution >= 0.6 is 11.6 Å². The van der Waals surface area contributed by atoms with Crippen LogP contribution in [-0.2, 0) is 10.0 Å². The minimum atomic E-state index is -3.80. The predicted molar refractivity (Wildman–Crippen MR) is 115 cm³/mol. The van der Waals surface area contributed by atoms with Crippen LogP contribution in [0.25, 0.3) is 11.0 Å². The van der Waals surface area contributed by atoms with E-state index in [-0.39, 0.29) is 21.9 Å². The Morgan fingerprint density at radius 1 is 1.21 bits per heavy atom. The van der Waals surface area contributed by atoms with Gasteiger partial charge >= 0.3 is 0 Å². The molecule has 0 radical (unpaired) electrons. The quantitative estimate of drug-likeness (QED) is 0.637. The highest BCUT2D eigenvalue weighted by Crippen LogP contribution is 2.31. The molecule has 3 heterocycles. The molecular weight excluding hydrogens is 410 g/mol. The molecule has 0 aliphatic carbocycles. The fourth-order valence-corrected chi connectivity index (χ4v) is 5.34. The number of benzene rings is 1. The fraction of sp³-hybridized carbons (Fsp3) is 0.400. The second kappa shape index (κ2) is 7.59. The average molecular weight is 434 g/mol. The van der Waals surface area contributed by atoms with Crippen LogP contribution in [0.1, 0.15) is 18.9 Å². The Labute approximate surface area is 175 Å². The van der Waals surface area contributed by atoms with E-state index in [4.69, 9.17) is 11.6 Å². The molecule has 1 aliphatic heterocycles. The standard InChI is InChI=1S/C20H24ClN5O2S/c1-13-4-6-15(7-5-13)29(27,28)26-11-9-16-18(23-20(21)24-19(16)26)25(3)17-12-22-10-8-14(17)2/h4-7,9,11,14,17,22H,8,10,12H2,1-3H3. The molecule has 0 bridgehead atoms. The van der Waals surface area contributed by atoms with E-state index >= 15 is 0 Å². The van der Waals surface area contributed by atoms with E-state index in [0.717, 1.165) is 25.1 Å². The van der Waals surface area contributed by atoms with Gasteiger partial charge in [-0.25, -0.2) is 12.4 Å². The van der Waals surface area contributed by atoms with Crippen molar-refractivity contribution in [3.63, 3.8) is 0 Å². The topological polar surface area (TPSA) is 80.1 Å². The van der Waals surface area contributed by atoms with Gasteiger partial charge in [-0.2, -0.15) is 9.97 Å². The van der Waals surface area contributed by atoms with Gasteiger partial charge in [0.25, 0.3) is 10.0 Å². The molecule has 1 aliphatic rings. The molecule has 7 nitrogen and oxygen atoms in total. The lowest BCUT2D eigenvalue weighted by Crippen LogP contribution is -2.49. The number of aryl methyl sites for hydroxylation is 1. The largest absolute Gasteiger partial charge is 0.354 e. The van der Waals surface area contributed by atoms with Gasteiger partial charge in [-0.3, -0.25) is 0 Å². The van der Waals surface area contributed by atoms with Crippen molar-refractivity contribution < 1.29 is 8.42 Å². The maximum atomic E-state index is 13.2. The molecule has 2 unspecified atom stereocenters. The summed E-state index contributed by atoms with van der Waals surface area (Å²) in [5.74, 6) is 1.11. The average Bonchev–Trinajstić information content (AvgIpc) is 3.12. The summed E-state index contributed by atoms with van der Waals surface area (Å²) in [6.07, 6.45) is 2.59. The van der Waals surface area contributed by atoms with Crippen LogP contribution in [0.5, 0.6) is 0 Å². The Bertz CT molecular complexity index is 1140. The first-order valence-corrected chi connectivity index (χ1v) is 11.4. The third-order valence-electron chi connectivity index (χ3n) is 5.66. The van der Waals surface area contributed by atoms with Gasteiger partial charge in [0, 0.05) is 25.8 Å². The summed E-state index contributed by atoms with van der Waals surface area (Å²) in [7, 11) is -1.83. The molecule has 9 heteroatoms. The van der Waals surface area contributed by atoms with E-state index in [1.165, 1.54) is 10.2 Å². The minimum Gasteiger partial charge on any atom is -0.354 e. The maximum Gasteiger partial charge on any atom is 0.269 e. The Hall–Kier alpha value is -2.16. The monoisotopic (exact) mass is 433 g/mol. The van der Waals surface area contributed by atoms with E-state index in [9.17, 15) is 8.42 Å². The van der Waals surface area contributed by atoms with Gasteiger partial charge in [-0.05, 0) is 55.6 Å². The van der Waals surface area contributed by atoms with Gasteiger partial charge in [0.2, 0.25) is 5.28 Å². The fourth-order valence-electron chi connectivity index (χ4n) is 3.89. The highest BCUT2D eigenvalue weighted by Gasteiger charge is 2.29. The highest BCUT2D eigenvalue weighted by atomic mass is 35.5. The summed E-state index contributed by atoms with van der Waals surface area (Å²) in [4.78, 5) is 11.0. The molecule has 4 rings (SSSR count). The van der Waals surface area contributed by atoms with Crippen molar-refractivity contribution in [1.29, 1.82) is 0 Å². The number of halogens is 1. The molecule has 29 heavy (non-hydrogen) atoms. The lowest BCUT2D eigenvalue weighted by Gasteiger charge is -2.37. The first-order chi connectivity index (χ1) is 13.8. The summed E-state index contributed by atoms with van der Waals surface area (Å²) >= 11 is 6.22. The molecule has 0 amide bonds. The van der Waals surface area contributed by atoms with Crippen LogP contribution in [0.15, 0.2) is 41.4 Å². The van der Waals surface area contributed by atoms with Gasteiger partial charge in [0.15, 0.2) is 5.65 Å². The number of piperidine rings is 1. The number of nitrogens with zero attached hydrogens (tertiary/aromatic N) is 4. The molecule has 0 spiro atoms. The summed E-state index contributed by atoms with van der Waals surface area (Å²) in [5.41, 5.74) is 1.27. The number of nitrogens with one attached hydrogen (secondary N) is 1. The first kappa shape index (κ1) is 20.1. The van der Waals surface area contributed by atoms with Crippen molar-refractivity contribution in [1.82, 2.24) is 19.3 Å². The molecule has 2 aromatic heterocycles. The first-order valence-electron chi connectivity index (χ1n) is 9.59. The number of rotatable bonds is 4. The zero-order chi connectivity index (χ0) is 20.8. The van der Waals surface area contributed by atoms with Crippen molar-refractivity contribution >= 4 is 38.5 Å². The zero-order valence-corrected chi connectivity index (χ0v) is 18.2. The zero-order valence-electron chi connectivity index (χ0n) is 16.6. The Morgan fingerprint density at radius 3 is 2.62 bits per heavy atom. The highest BCUT2D eigenvalue weighted by molar-refractivity contribution is 7.90. The van der Waals surface area contributed by atoms with Crippen LogP contribution in [-0.4, -0.2) is 48.5 Å². The normalized spacial score (nSPS) is 20.1. The molecule has 0 saturated carbocycles. The van der Waals surface area contributed by atoms with Crippen LogP contribution < -0.4 is 10.2 Å². The number of anilines is 1. The third kappa shape index (κ3) is 3.60. The number of aromatic nitrogens is 3. The summed E-state index contributed by atoms with van der Waals surface area (Å²) in [5, 5.41) is 4.10. The van der Waals surface area contributed by atoms with E-state index in [1.54, 1.807) is 30.3 Å². The summed E-state index contributed by atoms with van der Waals surface area (Å²) in [6.45, 7) is 5.96. The molecule has 1 saturated heterocycles. The molecule has 2 atom stereocenters. The molecular formula is C20H24ClN5O2S. The Morgan fingerprint density at radius 2 is 1.93 bits per heavy atom. The predicted octanol–water partition coefficient (Wildman–Crippen LogP) is 3.06. The lowest BCUT2D eigenvalue weighted by atomic mass is 9.93. The van der Waals surface area contributed by atoms with Crippen molar-refractivity contribution in [3.05, 3.63) is 47.4 Å². The van der Waals surface area contributed by atoms with Crippen LogP contribution in [0.2, 0.25) is 5.28 Å². The second-order valence-electron chi connectivity index (χ2n) is 7.63. The van der Waals surface area contributed by atoms with Crippen molar-refractivity contribution in [3.8, 4) is 0 Å². The number of likely N-dealkylation sites (N-methyl/N-ethyl adjacent to an activating group) is 1. The van der Waals surface area contributed by atoms with Crippen LogP contribution in [0.3, 0.4) is 0 Å². The van der Waals surface area contributed by atoms with Crippen molar-refractivity contribution in [2.45, 2.75) is 31.2 Å². The molecule has 1 N–H and O–H groups in total. The molecule has 154 valence electrons. The Balaban J connectivity index is 1.82.